The Morgan fingerprint density at radius 3 is 2.80 bits per heavy atom. The number of benzene rings is 1. The van der Waals surface area contributed by atoms with E-state index < -0.39 is 0 Å². The van der Waals surface area contributed by atoms with Crippen molar-refractivity contribution in [3.8, 4) is 0 Å². The maximum atomic E-state index is 14.3. The van der Waals surface area contributed by atoms with Crippen molar-refractivity contribution in [1.29, 1.82) is 0 Å². The molecule has 2 rings (SSSR count). The van der Waals surface area contributed by atoms with Gasteiger partial charge in [0.25, 0.3) is 0 Å². The predicted molar refractivity (Wildman–Crippen MR) is 86.3 cm³/mol. The van der Waals surface area contributed by atoms with Crippen molar-refractivity contribution < 1.29 is 4.39 Å². The molecular weight excluding hydrogens is 317 g/mol. The second-order valence-corrected chi connectivity index (χ2v) is 6.73. The molecule has 0 bridgehead atoms. The van der Waals surface area contributed by atoms with E-state index in [2.05, 4.69) is 28.2 Å². The minimum atomic E-state index is -0.104. The van der Waals surface area contributed by atoms with Crippen molar-refractivity contribution in [2.75, 3.05) is 6.54 Å². The van der Waals surface area contributed by atoms with Gasteiger partial charge in [0.15, 0.2) is 0 Å². The van der Waals surface area contributed by atoms with Gasteiger partial charge in [-0.2, -0.15) is 0 Å². The van der Waals surface area contributed by atoms with Gasteiger partial charge in [0.1, 0.15) is 5.82 Å². The zero-order valence-corrected chi connectivity index (χ0v) is 13.9. The van der Waals surface area contributed by atoms with Crippen LogP contribution in [0.5, 0.6) is 0 Å². The molecule has 1 aliphatic carbocycles. The Labute approximate surface area is 130 Å². The second kappa shape index (κ2) is 8.14. The number of rotatable bonds is 7. The Balaban J connectivity index is 2.03. The summed E-state index contributed by atoms with van der Waals surface area (Å²) in [4.78, 5) is 0. The molecule has 1 nitrogen and oxygen atoms in total. The van der Waals surface area contributed by atoms with Crippen LogP contribution in [-0.4, -0.2) is 6.54 Å². The zero-order valence-electron chi connectivity index (χ0n) is 12.3. The molecule has 1 N–H and O–H groups in total. The zero-order chi connectivity index (χ0) is 14.4. The van der Waals surface area contributed by atoms with E-state index in [1.807, 2.05) is 12.1 Å². The van der Waals surface area contributed by atoms with Gasteiger partial charge in [0.05, 0.1) is 4.47 Å². The van der Waals surface area contributed by atoms with Gasteiger partial charge in [-0.05, 0) is 53.7 Å². The first-order valence-electron chi connectivity index (χ1n) is 7.89. The molecule has 1 aliphatic rings. The van der Waals surface area contributed by atoms with E-state index in [0.717, 1.165) is 30.9 Å². The van der Waals surface area contributed by atoms with Crippen LogP contribution in [0, 0.1) is 11.7 Å². The van der Waals surface area contributed by atoms with Crippen molar-refractivity contribution in [3.05, 3.63) is 34.1 Å². The molecule has 0 heterocycles. The highest BCUT2D eigenvalue weighted by Gasteiger charge is 2.20. The van der Waals surface area contributed by atoms with Gasteiger partial charge in [0.2, 0.25) is 0 Å². The van der Waals surface area contributed by atoms with Gasteiger partial charge in [-0.25, -0.2) is 4.39 Å². The highest BCUT2D eigenvalue weighted by Crippen LogP contribution is 2.33. The third-order valence-electron chi connectivity index (χ3n) is 4.34. The summed E-state index contributed by atoms with van der Waals surface area (Å²) in [7, 11) is 0. The maximum absolute atomic E-state index is 14.3. The summed E-state index contributed by atoms with van der Waals surface area (Å²) in [5.41, 5.74) is 0.811. The smallest absolute Gasteiger partial charge is 0.142 e. The van der Waals surface area contributed by atoms with Crippen LogP contribution in [0.15, 0.2) is 22.7 Å². The van der Waals surface area contributed by atoms with Crippen molar-refractivity contribution in [1.82, 2.24) is 5.32 Å². The molecule has 1 aromatic rings. The second-order valence-electron chi connectivity index (χ2n) is 5.88. The van der Waals surface area contributed by atoms with Crippen LogP contribution in [-0.2, 0) is 0 Å². The lowest BCUT2D eigenvalue weighted by atomic mass is 9.94. The fourth-order valence-electron chi connectivity index (χ4n) is 3.18. The Kier molecular flexibility index (Phi) is 6.50. The normalized spacial score (nSPS) is 17.6. The molecule has 1 unspecified atom stereocenters. The van der Waals surface area contributed by atoms with Crippen LogP contribution >= 0.6 is 15.9 Å². The molecule has 1 atom stereocenters. The predicted octanol–water partition coefficient (Wildman–Crippen LogP) is 5.60. The quantitative estimate of drug-likeness (QED) is 0.680. The van der Waals surface area contributed by atoms with Gasteiger partial charge in [-0.15, -0.1) is 0 Å². The van der Waals surface area contributed by atoms with Crippen LogP contribution in [0.3, 0.4) is 0 Å². The molecule has 0 saturated heterocycles. The molecule has 0 aliphatic heterocycles. The first kappa shape index (κ1) is 16.0. The molecular formula is C17H25BrFN. The molecule has 0 amide bonds. The fraction of sp³-hybridized carbons (Fsp3) is 0.647. The van der Waals surface area contributed by atoms with Gasteiger partial charge in [-0.1, -0.05) is 44.7 Å². The maximum Gasteiger partial charge on any atom is 0.142 e. The molecule has 0 spiro atoms. The third-order valence-corrected chi connectivity index (χ3v) is 4.95. The molecule has 1 saturated carbocycles. The van der Waals surface area contributed by atoms with Gasteiger partial charge >= 0.3 is 0 Å². The van der Waals surface area contributed by atoms with E-state index in [1.54, 1.807) is 6.07 Å². The topological polar surface area (TPSA) is 12.0 Å². The van der Waals surface area contributed by atoms with Crippen molar-refractivity contribution >= 4 is 15.9 Å². The monoisotopic (exact) mass is 341 g/mol. The highest BCUT2D eigenvalue weighted by molar-refractivity contribution is 9.10. The van der Waals surface area contributed by atoms with Gasteiger partial charge < -0.3 is 5.32 Å². The molecule has 1 fully saturated rings. The average Bonchev–Trinajstić information content (AvgIpc) is 2.96. The summed E-state index contributed by atoms with van der Waals surface area (Å²) < 4.78 is 14.9. The summed E-state index contributed by atoms with van der Waals surface area (Å²) in [6.07, 6.45) is 8.82. The van der Waals surface area contributed by atoms with Crippen LogP contribution in [0.2, 0.25) is 0 Å². The summed E-state index contributed by atoms with van der Waals surface area (Å²) in [5.74, 6) is 0.753. The molecule has 20 heavy (non-hydrogen) atoms. The first-order valence-corrected chi connectivity index (χ1v) is 8.69. The molecule has 0 aromatic heterocycles. The summed E-state index contributed by atoms with van der Waals surface area (Å²) in [5, 5.41) is 3.52. The lowest BCUT2D eigenvalue weighted by Crippen LogP contribution is -2.23. The van der Waals surface area contributed by atoms with Crippen molar-refractivity contribution in [2.24, 2.45) is 5.92 Å². The standard InChI is InChI=1S/C17H25BrFN/c1-2-12-20-16(11-10-13-6-3-4-7-13)14-8-5-9-15(18)17(14)19/h5,8-9,13,16,20H,2-4,6-7,10-12H2,1H3. The highest BCUT2D eigenvalue weighted by atomic mass is 79.9. The Morgan fingerprint density at radius 1 is 1.35 bits per heavy atom. The minimum Gasteiger partial charge on any atom is -0.310 e. The van der Waals surface area contributed by atoms with Gasteiger partial charge in [0, 0.05) is 11.6 Å². The number of hydrogen-bond acceptors (Lipinski definition) is 1. The van der Waals surface area contributed by atoms with E-state index in [4.69, 9.17) is 0 Å². The number of hydrogen-bond donors (Lipinski definition) is 1. The van der Waals surface area contributed by atoms with E-state index in [9.17, 15) is 4.39 Å². The average molecular weight is 342 g/mol. The largest absolute Gasteiger partial charge is 0.310 e. The van der Waals surface area contributed by atoms with Gasteiger partial charge in [-0.3, -0.25) is 0 Å². The van der Waals surface area contributed by atoms with E-state index in [1.165, 1.54) is 32.1 Å². The lowest BCUT2D eigenvalue weighted by Gasteiger charge is -2.21. The van der Waals surface area contributed by atoms with Crippen LogP contribution in [0.25, 0.3) is 0 Å². The van der Waals surface area contributed by atoms with E-state index in [-0.39, 0.29) is 11.9 Å². The van der Waals surface area contributed by atoms with Crippen molar-refractivity contribution in [2.45, 2.75) is 57.9 Å². The molecule has 3 heteroatoms. The van der Waals surface area contributed by atoms with E-state index in [0.29, 0.717) is 4.47 Å². The minimum absolute atomic E-state index is 0.104. The van der Waals surface area contributed by atoms with Crippen molar-refractivity contribution in [3.63, 3.8) is 0 Å². The molecule has 0 radical (unpaired) electrons. The molecule has 1 aromatic carbocycles. The Hall–Kier alpha value is -0.410. The van der Waals surface area contributed by atoms with Crippen LogP contribution in [0.1, 0.15) is 63.5 Å². The lowest BCUT2D eigenvalue weighted by molar-refractivity contribution is 0.402. The third kappa shape index (κ3) is 4.29. The number of nitrogens with one attached hydrogen (secondary N) is 1. The van der Waals surface area contributed by atoms with Crippen LogP contribution in [0.4, 0.5) is 4.39 Å². The molecule has 112 valence electrons. The SMILES string of the molecule is CCCNC(CCC1CCCC1)c1cccc(Br)c1F. The fourth-order valence-corrected chi connectivity index (χ4v) is 3.56. The first-order chi connectivity index (χ1) is 9.72. The Bertz CT molecular complexity index is 415. The Morgan fingerprint density at radius 2 is 2.10 bits per heavy atom. The summed E-state index contributed by atoms with van der Waals surface area (Å²) in [6, 6.07) is 5.76. The van der Waals surface area contributed by atoms with E-state index >= 15 is 0 Å². The summed E-state index contributed by atoms with van der Waals surface area (Å²) >= 11 is 3.30. The van der Waals surface area contributed by atoms with Crippen LogP contribution < -0.4 is 5.32 Å². The number of halogens is 2. The summed E-state index contributed by atoms with van der Waals surface area (Å²) in [6.45, 7) is 3.10.